The lowest BCUT2D eigenvalue weighted by atomic mass is 10.1. The molecule has 1 saturated carbocycles. The monoisotopic (exact) mass is 402 g/mol. The van der Waals surface area contributed by atoms with E-state index in [9.17, 15) is 9.90 Å². The van der Waals surface area contributed by atoms with Crippen LogP contribution >= 0.6 is 0 Å². The second kappa shape index (κ2) is 7.66. The molecule has 2 unspecified atom stereocenters. The van der Waals surface area contributed by atoms with Crippen LogP contribution in [0, 0.1) is 11.3 Å². The average Bonchev–Trinajstić information content (AvgIpc) is 3.35. The summed E-state index contributed by atoms with van der Waals surface area (Å²) in [4.78, 5) is 19.4. The Morgan fingerprint density at radius 1 is 1.10 bits per heavy atom. The molecule has 3 aliphatic heterocycles. The van der Waals surface area contributed by atoms with Crippen LogP contribution in [0.25, 0.3) is 0 Å². The summed E-state index contributed by atoms with van der Waals surface area (Å²) in [6.07, 6.45) is 1.04. The Hall–Kier alpha value is -2.03. The third-order valence-corrected chi connectivity index (χ3v) is 6.86. The molecule has 2 atom stereocenters. The van der Waals surface area contributed by atoms with Crippen molar-refractivity contribution in [3.05, 3.63) is 18.2 Å². The van der Waals surface area contributed by atoms with Crippen molar-refractivity contribution in [3.8, 4) is 0 Å². The number of morpholine rings is 2. The maximum absolute atomic E-state index is 12.9. The Bertz CT molecular complexity index is 759. The molecule has 5 rings (SSSR count). The topological polar surface area (TPSA) is 77.5 Å². The third kappa shape index (κ3) is 3.65. The Balaban J connectivity index is 1.35. The van der Waals surface area contributed by atoms with Gasteiger partial charge in [0.05, 0.1) is 44.4 Å². The van der Waals surface area contributed by atoms with Gasteiger partial charge in [-0.25, -0.2) is 4.79 Å². The van der Waals surface area contributed by atoms with Gasteiger partial charge < -0.3 is 34.6 Å². The van der Waals surface area contributed by atoms with E-state index in [1.54, 1.807) is 0 Å². The van der Waals surface area contributed by atoms with Gasteiger partial charge in [0.2, 0.25) is 0 Å². The maximum Gasteiger partial charge on any atom is 0.321 e. The first-order valence-corrected chi connectivity index (χ1v) is 10.6. The lowest BCUT2D eigenvalue weighted by Crippen LogP contribution is -2.39. The molecule has 2 N–H and O–H groups in total. The number of ether oxygens (including phenoxy) is 2. The first-order valence-electron chi connectivity index (χ1n) is 10.6. The SMILES string of the molecule is O=C(Nc1ccc(N2CCOCC2)cc1N1CCOCC1)N1CC2CC2(CO)C1. The number of nitrogens with zero attached hydrogens (tertiary/aromatic N) is 3. The quantitative estimate of drug-likeness (QED) is 0.788. The van der Waals surface area contributed by atoms with E-state index in [1.807, 2.05) is 11.0 Å². The fourth-order valence-corrected chi connectivity index (χ4v) is 4.90. The van der Waals surface area contributed by atoms with Crippen molar-refractivity contribution < 1.29 is 19.4 Å². The average molecular weight is 402 g/mol. The van der Waals surface area contributed by atoms with E-state index < -0.39 is 0 Å². The zero-order valence-corrected chi connectivity index (χ0v) is 16.8. The Labute approximate surface area is 171 Å². The van der Waals surface area contributed by atoms with E-state index >= 15 is 0 Å². The Morgan fingerprint density at radius 3 is 2.45 bits per heavy atom. The lowest BCUT2D eigenvalue weighted by Gasteiger charge is -2.34. The number of aliphatic hydroxyl groups is 1. The van der Waals surface area contributed by atoms with Crippen LogP contribution in [0.4, 0.5) is 21.9 Å². The fourth-order valence-electron chi connectivity index (χ4n) is 4.90. The highest BCUT2D eigenvalue weighted by Crippen LogP contribution is 2.57. The predicted molar refractivity (Wildman–Crippen MR) is 111 cm³/mol. The summed E-state index contributed by atoms with van der Waals surface area (Å²) in [6.45, 7) is 7.84. The van der Waals surface area contributed by atoms with Gasteiger partial charge in [-0.3, -0.25) is 0 Å². The van der Waals surface area contributed by atoms with Crippen LogP contribution in [0.1, 0.15) is 6.42 Å². The minimum atomic E-state index is -0.0707. The van der Waals surface area contributed by atoms with Gasteiger partial charge in [-0.2, -0.15) is 0 Å². The molecule has 2 amide bonds. The molecule has 158 valence electrons. The highest BCUT2D eigenvalue weighted by Gasteiger charge is 2.60. The minimum absolute atomic E-state index is 0.0371. The summed E-state index contributed by atoms with van der Waals surface area (Å²) in [5, 5.41) is 12.8. The molecule has 0 spiro atoms. The number of hydrogen-bond donors (Lipinski definition) is 2. The number of hydrogen-bond acceptors (Lipinski definition) is 6. The van der Waals surface area contributed by atoms with Crippen molar-refractivity contribution in [2.24, 2.45) is 11.3 Å². The number of fused-ring (bicyclic) bond motifs is 1. The number of rotatable bonds is 4. The molecule has 29 heavy (non-hydrogen) atoms. The number of amides is 2. The number of carbonyl (C=O) groups excluding carboxylic acids is 1. The summed E-state index contributed by atoms with van der Waals surface area (Å²) in [7, 11) is 0. The van der Waals surface area contributed by atoms with Gasteiger partial charge in [0.15, 0.2) is 0 Å². The number of carbonyl (C=O) groups is 1. The van der Waals surface area contributed by atoms with E-state index in [-0.39, 0.29) is 18.1 Å². The highest BCUT2D eigenvalue weighted by molar-refractivity contribution is 5.94. The summed E-state index contributed by atoms with van der Waals surface area (Å²) in [6, 6.07) is 6.22. The lowest BCUT2D eigenvalue weighted by molar-refractivity contribution is 0.122. The standard InChI is InChI=1S/C21H30N4O4/c26-15-21-12-16(21)13-25(14-21)20(27)22-18-2-1-17(23-3-7-28-8-4-23)11-19(18)24-5-9-29-10-6-24/h1-2,11,16,26H,3-10,12-15H2,(H,22,27). The number of piperidine rings is 1. The predicted octanol–water partition coefficient (Wildman–Crippen LogP) is 1.21. The molecule has 0 radical (unpaired) electrons. The summed E-state index contributed by atoms with van der Waals surface area (Å²) in [5.41, 5.74) is 3.01. The van der Waals surface area contributed by atoms with Crippen molar-refractivity contribution in [2.75, 3.05) is 87.4 Å². The van der Waals surface area contributed by atoms with Crippen molar-refractivity contribution in [2.45, 2.75) is 6.42 Å². The third-order valence-electron chi connectivity index (χ3n) is 6.86. The van der Waals surface area contributed by atoms with Gasteiger partial charge in [-0.05, 0) is 30.5 Å². The summed E-state index contributed by atoms with van der Waals surface area (Å²) in [5.74, 6) is 0.459. The zero-order valence-electron chi connectivity index (χ0n) is 16.8. The van der Waals surface area contributed by atoms with Gasteiger partial charge in [-0.15, -0.1) is 0 Å². The number of anilines is 3. The molecule has 1 aromatic carbocycles. The van der Waals surface area contributed by atoms with E-state index in [0.717, 1.165) is 69.4 Å². The molecule has 3 heterocycles. The van der Waals surface area contributed by atoms with E-state index in [0.29, 0.717) is 25.7 Å². The largest absolute Gasteiger partial charge is 0.396 e. The molecule has 4 fully saturated rings. The second-order valence-corrected chi connectivity index (χ2v) is 8.63. The van der Waals surface area contributed by atoms with Gasteiger partial charge in [0.1, 0.15) is 0 Å². The van der Waals surface area contributed by atoms with Crippen molar-refractivity contribution in [1.82, 2.24) is 4.90 Å². The maximum atomic E-state index is 12.9. The van der Waals surface area contributed by atoms with Crippen LogP contribution in [0.3, 0.4) is 0 Å². The molecule has 1 aromatic rings. The van der Waals surface area contributed by atoms with Crippen molar-refractivity contribution in [1.29, 1.82) is 0 Å². The number of likely N-dealkylation sites (tertiary alicyclic amines) is 1. The normalized spacial score (nSPS) is 29.0. The second-order valence-electron chi connectivity index (χ2n) is 8.63. The van der Waals surface area contributed by atoms with Crippen LogP contribution in [0.2, 0.25) is 0 Å². The van der Waals surface area contributed by atoms with Gasteiger partial charge in [0.25, 0.3) is 0 Å². The van der Waals surface area contributed by atoms with Crippen molar-refractivity contribution >= 4 is 23.1 Å². The number of nitrogens with one attached hydrogen (secondary N) is 1. The molecule has 8 nitrogen and oxygen atoms in total. The van der Waals surface area contributed by atoms with E-state index in [2.05, 4.69) is 27.2 Å². The molecule has 0 aromatic heterocycles. The first kappa shape index (κ1) is 19.0. The highest BCUT2D eigenvalue weighted by atomic mass is 16.5. The van der Waals surface area contributed by atoms with Gasteiger partial charge in [0, 0.05) is 50.4 Å². The first-order chi connectivity index (χ1) is 14.2. The summed E-state index contributed by atoms with van der Waals surface area (Å²) >= 11 is 0. The number of benzene rings is 1. The molecular formula is C21H30N4O4. The zero-order chi connectivity index (χ0) is 19.8. The smallest absolute Gasteiger partial charge is 0.321 e. The minimum Gasteiger partial charge on any atom is -0.396 e. The number of urea groups is 1. The molecule has 0 bridgehead atoms. The molecule has 3 saturated heterocycles. The molecule has 1 aliphatic carbocycles. The van der Waals surface area contributed by atoms with Gasteiger partial charge >= 0.3 is 6.03 Å². The van der Waals surface area contributed by atoms with Crippen LogP contribution in [0.15, 0.2) is 18.2 Å². The van der Waals surface area contributed by atoms with Crippen LogP contribution in [-0.4, -0.2) is 88.3 Å². The molecular weight excluding hydrogens is 372 g/mol. The van der Waals surface area contributed by atoms with Crippen LogP contribution in [0.5, 0.6) is 0 Å². The fraction of sp³-hybridized carbons (Fsp3) is 0.667. The Kier molecular flexibility index (Phi) is 5.01. The molecule has 4 aliphatic rings. The van der Waals surface area contributed by atoms with Crippen molar-refractivity contribution in [3.63, 3.8) is 0 Å². The number of aliphatic hydroxyl groups excluding tert-OH is 1. The van der Waals surface area contributed by atoms with E-state index in [4.69, 9.17) is 9.47 Å². The Morgan fingerprint density at radius 2 is 1.79 bits per heavy atom. The molecule has 8 heteroatoms. The van der Waals surface area contributed by atoms with Crippen LogP contribution in [-0.2, 0) is 9.47 Å². The van der Waals surface area contributed by atoms with E-state index in [1.165, 1.54) is 0 Å². The van der Waals surface area contributed by atoms with Gasteiger partial charge in [-0.1, -0.05) is 0 Å². The summed E-state index contributed by atoms with van der Waals surface area (Å²) < 4.78 is 11.0. The van der Waals surface area contributed by atoms with Crippen LogP contribution < -0.4 is 15.1 Å².